The normalized spacial score (nSPS) is 18.8. The van der Waals surface area contributed by atoms with Crippen molar-refractivity contribution in [2.24, 2.45) is 5.10 Å². The van der Waals surface area contributed by atoms with Gasteiger partial charge in [0, 0.05) is 24.5 Å². The quantitative estimate of drug-likeness (QED) is 0.482. The molecule has 11 heteroatoms. The van der Waals surface area contributed by atoms with Gasteiger partial charge in [0.15, 0.2) is 4.34 Å². The number of rotatable bonds is 6. The summed E-state index contributed by atoms with van der Waals surface area (Å²) < 4.78 is 11.7. The van der Waals surface area contributed by atoms with E-state index in [2.05, 4.69) is 20.2 Å². The molecule has 166 valence electrons. The molecule has 1 aromatic carbocycles. The van der Waals surface area contributed by atoms with E-state index in [1.54, 1.807) is 6.26 Å². The molecule has 2 aromatic heterocycles. The highest BCUT2D eigenvalue weighted by molar-refractivity contribution is 8.01. The standard InChI is InChI=1S/C21H20ClN5O3S2/c22-15-5-3-14(4-6-15)16-12-17(18-2-1-9-30-18)27(25-16)19(28)13-31-21-24-23-20(32-21)26-7-10-29-11-8-26/h1-6,9,17H,7-8,10-13H2. The minimum absolute atomic E-state index is 0.108. The van der Waals surface area contributed by atoms with Crippen LogP contribution in [0.3, 0.4) is 0 Å². The molecule has 2 aliphatic heterocycles. The molecule has 0 saturated carbocycles. The average Bonchev–Trinajstić information content (AvgIpc) is 3.59. The van der Waals surface area contributed by atoms with E-state index in [4.69, 9.17) is 20.8 Å². The zero-order valence-electron chi connectivity index (χ0n) is 17.0. The van der Waals surface area contributed by atoms with Crippen LogP contribution in [0.25, 0.3) is 0 Å². The Bertz CT molecular complexity index is 1100. The number of anilines is 1. The SMILES string of the molecule is O=C(CSc1nnc(N2CCOCC2)s1)N1N=C(c2ccc(Cl)cc2)CC1c1ccco1. The minimum atomic E-state index is -0.276. The van der Waals surface area contributed by atoms with Gasteiger partial charge in [-0.15, -0.1) is 10.2 Å². The van der Waals surface area contributed by atoms with Gasteiger partial charge in [-0.2, -0.15) is 5.10 Å². The predicted octanol–water partition coefficient (Wildman–Crippen LogP) is 4.09. The molecule has 0 bridgehead atoms. The number of nitrogens with zero attached hydrogens (tertiary/aromatic N) is 5. The number of halogens is 1. The summed E-state index contributed by atoms with van der Waals surface area (Å²) in [6.07, 6.45) is 2.19. The highest BCUT2D eigenvalue weighted by atomic mass is 35.5. The number of amides is 1. The summed E-state index contributed by atoms with van der Waals surface area (Å²) >= 11 is 8.89. The van der Waals surface area contributed by atoms with Crippen molar-refractivity contribution >= 4 is 51.5 Å². The fourth-order valence-electron chi connectivity index (χ4n) is 3.59. The first-order chi connectivity index (χ1) is 15.7. The number of furan rings is 1. The van der Waals surface area contributed by atoms with Gasteiger partial charge >= 0.3 is 0 Å². The second-order valence-electron chi connectivity index (χ2n) is 7.27. The van der Waals surface area contributed by atoms with Gasteiger partial charge in [0.1, 0.15) is 11.8 Å². The molecule has 4 heterocycles. The van der Waals surface area contributed by atoms with Crippen LogP contribution < -0.4 is 4.90 Å². The van der Waals surface area contributed by atoms with Gasteiger partial charge in [-0.05, 0) is 29.8 Å². The summed E-state index contributed by atoms with van der Waals surface area (Å²) in [6.45, 7) is 2.99. The Morgan fingerprint density at radius 1 is 1.19 bits per heavy atom. The van der Waals surface area contributed by atoms with E-state index in [1.165, 1.54) is 28.1 Å². The van der Waals surface area contributed by atoms with Crippen LogP contribution in [0, 0.1) is 0 Å². The van der Waals surface area contributed by atoms with Gasteiger partial charge in [0.2, 0.25) is 5.13 Å². The Morgan fingerprint density at radius 2 is 2.00 bits per heavy atom. The Balaban J connectivity index is 1.29. The van der Waals surface area contributed by atoms with Gasteiger partial charge in [-0.25, -0.2) is 5.01 Å². The molecule has 0 N–H and O–H groups in total. The van der Waals surface area contributed by atoms with Crippen molar-refractivity contribution in [2.45, 2.75) is 16.8 Å². The highest BCUT2D eigenvalue weighted by Crippen LogP contribution is 2.35. The molecule has 1 saturated heterocycles. The maximum Gasteiger partial charge on any atom is 0.253 e. The van der Waals surface area contributed by atoms with E-state index in [0.717, 1.165) is 33.8 Å². The van der Waals surface area contributed by atoms with E-state index in [-0.39, 0.29) is 17.7 Å². The molecule has 0 radical (unpaired) electrons. The Kier molecular flexibility index (Phi) is 6.44. The summed E-state index contributed by atoms with van der Waals surface area (Å²) in [5, 5.41) is 16.2. The number of hydrogen-bond acceptors (Lipinski definition) is 9. The molecule has 2 aliphatic rings. The Labute approximate surface area is 198 Å². The van der Waals surface area contributed by atoms with Crippen LogP contribution in [-0.4, -0.2) is 58.9 Å². The van der Waals surface area contributed by atoms with Gasteiger partial charge in [-0.3, -0.25) is 4.79 Å². The average molecular weight is 490 g/mol. The summed E-state index contributed by atoms with van der Waals surface area (Å²) in [5.41, 5.74) is 1.76. The second kappa shape index (κ2) is 9.62. The summed E-state index contributed by atoms with van der Waals surface area (Å²) in [5.74, 6) is 0.817. The van der Waals surface area contributed by atoms with Crippen LogP contribution in [0.1, 0.15) is 23.8 Å². The number of morpholine rings is 1. The molecule has 1 atom stereocenters. The van der Waals surface area contributed by atoms with Crippen molar-refractivity contribution in [3.05, 3.63) is 59.0 Å². The van der Waals surface area contributed by atoms with Crippen molar-refractivity contribution in [3.8, 4) is 0 Å². The van der Waals surface area contributed by atoms with E-state index in [1.807, 2.05) is 36.4 Å². The zero-order chi connectivity index (χ0) is 21.9. The number of thioether (sulfide) groups is 1. The van der Waals surface area contributed by atoms with Crippen molar-refractivity contribution < 1.29 is 13.9 Å². The number of hydrogen-bond donors (Lipinski definition) is 0. The molecular weight excluding hydrogens is 470 g/mol. The fourth-order valence-corrected chi connectivity index (χ4v) is 5.46. The van der Waals surface area contributed by atoms with Crippen LogP contribution in [-0.2, 0) is 9.53 Å². The third-order valence-electron chi connectivity index (χ3n) is 5.21. The Morgan fingerprint density at radius 3 is 2.75 bits per heavy atom. The number of hydrazone groups is 1. The van der Waals surface area contributed by atoms with E-state index in [0.29, 0.717) is 30.4 Å². The lowest BCUT2D eigenvalue weighted by atomic mass is 10.0. The molecule has 1 amide bonds. The van der Waals surface area contributed by atoms with Gasteiger partial charge in [0.05, 0.1) is 30.9 Å². The van der Waals surface area contributed by atoms with E-state index >= 15 is 0 Å². The summed E-state index contributed by atoms with van der Waals surface area (Å²) in [7, 11) is 0. The fraction of sp³-hybridized carbons (Fsp3) is 0.333. The van der Waals surface area contributed by atoms with Gasteiger partial charge in [-0.1, -0.05) is 46.8 Å². The van der Waals surface area contributed by atoms with Crippen LogP contribution in [0.2, 0.25) is 5.02 Å². The first-order valence-corrected chi connectivity index (χ1v) is 12.3. The maximum absolute atomic E-state index is 13.1. The lowest BCUT2D eigenvalue weighted by Gasteiger charge is -2.25. The number of carbonyl (C=O) groups excluding carboxylic acids is 1. The van der Waals surface area contributed by atoms with Crippen molar-refractivity contribution in [2.75, 3.05) is 37.0 Å². The third-order valence-corrected chi connectivity index (χ3v) is 7.57. The van der Waals surface area contributed by atoms with Crippen molar-refractivity contribution in [1.82, 2.24) is 15.2 Å². The molecule has 0 spiro atoms. The zero-order valence-corrected chi connectivity index (χ0v) is 19.4. The first-order valence-electron chi connectivity index (χ1n) is 10.2. The van der Waals surface area contributed by atoms with Crippen LogP contribution >= 0.6 is 34.7 Å². The summed E-state index contributed by atoms with van der Waals surface area (Å²) in [4.78, 5) is 15.3. The number of aromatic nitrogens is 2. The highest BCUT2D eigenvalue weighted by Gasteiger charge is 2.35. The first kappa shape index (κ1) is 21.4. The molecule has 1 fully saturated rings. The topological polar surface area (TPSA) is 84.1 Å². The minimum Gasteiger partial charge on any atom is -0.467 e. The molecule has 1 unspecified atom stereocenters. The van der Waals surface area contributed by atoms with Gasteiger partial charge in [0.25, 0.3) is 5.91 Å². The number of ether oxygens (including phenoxy) is 1. The lowest BCUT2D eigenvalue weighted by molar-refractivity contribution is -0.130. The second-order valence-corrected chi connectivity index (χ2v) is 9.88. The predicted molar refractivity (Wildman–Crippen MR) is 125 cm³/mol. The van der Waals surface area contributed by atoms with Crippen molar-refractivity contribution in [3.63, 3.8) is 0 Å². The molecule has 5 rings (SSSR count). The van der Waals surface area contributed by atoms with E-state index < -0.39 is 0 Å². The van der Waals surface area contributed by atoms with Crippen LogP contribution in [0.15, 0.2) is 56.5 Å². The molecule has 3 aromatic rings. The molecular formula is C21H20ClN5O3S2. The summed E-state index contributed by atoms with van der Waals surface area (Å²) in [6, 6.07) is 10.9. The molecule has 32 heavy (non-hydrogen) atoms. The molecule has 8 nitrogen and oxygen atoms in total. The largest absolute Gasteiger partial charge is 0.467 e. The third kappa shape index (κ3) is 4.68. The van der Waals surface area contributed by atoms with Gasteiger partial charge < -0.3 is 14.1 Å². The maximum atomic E-state index is 13.1. The monoisotopic (exact) mass is 489 g/mol. The lowest BCUT2D eigenvalue weighted by Crippen LogP contribution is -2.36. The number of carbonyl (C=O) groups is 1. The number of benzene rings is 1. The van der Waals surface area contributed by atoms with E-state index in [9.17, 15) is 4.79 Å². The smallest absolute Gasteiger partial charge is 0.253 e. The van der Waals surface area contributed by atoms with Crippen molar-refractivity contribution in [1.29, 1.82) is 0 Å². The van der Waals surface area contributed by atoms with Crippen LogP contribution in [0.4, 0.5) is 5.13 Å². The Hall–Kier alpha value is -2.40. The molecule has 0 aliphatic carbocycles. The van der Waals surface area contributed by atoms with Crippen LogP contribution in [0.5, 0.6) is 0 Å².